The van der Waals surface area contributed by atoms with Crippen LogP contribution in [0.25, 0.3) is 10.8 Å². The molecule has 3 fully saturated rings. The molecule has 9 heteroatoms. The van der Waals surface area contributed by atoms with Crippen molar-refractivity contribution in [3.63, 3.8) is 0 Å². The number of ether oxygens (including phenoxy) is 2. The summed E-state index contributed by atoms with van der Waals surface area (Å²) in [5, 5.41) is 12.3. The van der Waals surface area contributed by atoms with Gasteiger partial charge in [0.1, 0.15) is 18.2 Å². The van der Waals surface area contributed by atoms with Crippen LogP contribution in [0.2, 0.25) is 0 Å². The van der Waals surface area contributed by atoms with Crippen LogP contribution in [0.5, 0.6) is 0 Å². The van der Waals surface area contributed by atoms with Gasteiger partial charge in [-0.15, -0.1) is 6.58 Å². The molecule has 39 heavy (non-hydrogen) atoms. The normalized spacial score (nSPS) is 29.8. The summed E-state index contributed by atoms with van der Waals surface area (Å²) >= 11 is 3.66. The van der Waals surface area contributed by atoms with Gasteiger partial charge in [-0.25, -0.2) is 0 Å². The molecule has 5 rings (SSSR count). The number of alkyl halides is 1. The number of esters is 1. The average Bonchev–Trinajstić information content (AvgIpc) is 3.54. The van der Waals surface area contributed by atoms with Crippen molar-refractivity contribution in [1.29, 1.82) is 0 Å². The molecule has 2 aromatic carbocycles. The van der Waals surface area contributed by atoms with E-state index in [1.54, 1.807) is 11.0 Å². The predicted molar refractivity (Wildman–Crippen MR) is 151 cm³/mol. The van der Waals surface area contributed by atoms with Gasteiger partial charge in [-0.05, 0) is 35.7 Å². The summed E-state index contributed by atoms with van der Waals surface area (Å²) in [4.78, 5) is 44.8. The molecule has 2 aromatic rings. The fourth-order valence-electron chi connectivity index (χ4n) is 6.60. The molecular formula is C30H33BrN2O6. The van der Waals surface area contributed by atoms with E-state index in [-0.39, 0.29) is 36.4 Å². The molecule has 7 atom stereocenters. The van der Waals surface area contributed by atoms with Gasteiger partial charge in [-0.1, -0.05) is 71.9 Å². The number of nitrogens with zero attached hydrogens (tertiary/aromatic N) is 2. The van der Waals surface area contributed by atoms with E-state index < -0.39 is 41.6 Å². The molecule has 1 spiro atoms. The average molecular weight is 598 g/mol. The molecule has 0 aliphatic carbocycles. The van der Waals surface area contributed by atoms with Gasteiger partial charge in [0.2, 0.25) is 5.91 Å². The van der Waals surface area contributed by atoms with Gasteiger partial charge in [-0.3, -0.25) is 14.4 Å². The van der Waals surface area contributed by atoms with Crippen molar-refractivity contribution in [2.45, 2.75) is 48.4 Å². The Balaban J connectivity index is 1.61. The zero-order valence-electron chi connectivity index (χ0n) is 21.9. The van der Waals surface area contributed by atoms with Gasteiger partial charge in [0, 0.05) is 17.1 Å². The molecule has 0 aromatic heterocycles. The minimum atomic E-state index is -1.25. The fraction of sp³-hybridized carbons (Fsp3) is 0.433. The SMILES string of the molecule is C=CCOC(=O)[C@H]1[C@H]2C(=O)N([C@@H](CC)CO)C(C(=O)N(CC=C)c3ccc4ccccc4c3)C23CC(Br)[C@@H]1O3. The first-order valence-corrected chi connectivity index (χ1v) is 14.2. The maximum atomic E-state index is 14.6. The van der Waals surface area contributed by atoms with Gasteiger partial charge in [-0.2, -0.15) is 0 Å². The van der Waals surface area contributed by atoms with Crippen molar-refractivity contribution in [2.75, 3.05) is 24.7 Å². The lowest BCUT2D eigenvalue weighted by atomic mass is 9.70. The molecule has 3 heterocycles. The van der Waals surface area contributed by atoms with Crippen molar-refractivity contribution in [3.05, 3.63) is 67.8 Å². The smallest absolute Gasteiger partial charge is 0.312 e. The van der Waals surface area contributed by atoms with Crippen molar-refractivity contribution >= 4 is 50.2 Å². The highest BCUT2D eigenvalue weighted by Crippen LogP contribution is 2.60. The number of carbonyl (C=O) groups excluding carboxylic acids is 3. The first kappa shape index (κ1) is 27.6. The van der Waals surface area contributed by atoms with Gasteiger partial charge in [0.05, 0.1) is 30.6 Å². The number of hydrogen-bond acceptors (Lipinski definition) is 6. The second-order valence-corrected chi connectivity index (χ2v) is 11.5. The second kappa shape index (κ2) is 10.9. The summed E-state index contributed by atoms with van der Waals surface area (Å²) in [7, 11) is 0. The number of rotatable bonds is 10. The minimum absolute atomic E-state index is 0.0122. The van der Waals surface area contributed by atoms with Crippen molar-refractivity contribution < 1.29 is 29.0 Å². The number of aliphatic hydroxyl groups excluding tert-OH is 1. The zero-order chi connectivity index (χ0) is 27.9. The summed E-state index contributed by atoms with van der Waals surface area (Å²) in [6.45, 7) is 9.22. The molecule has 0 radical (unpaired) electrons. The first-order chi connectivity index (χ1) is 18.8. The molecule has 3 unspecified atom stereocenters. The van der Waals surface area contributed by atoms with Crippen molar-refractivity contribution in [3.8, 4) is 0 Å². The number of benzene rings is 2. The lowest BCUT2D eigenvalue weighted by Gasteiger charge is -2.39. The van der Waals surface area contributed by atoms with E-state index in [0.717, 1.165) is 10.8 Å². The maximum absolute atomic E-state index is 14.6. The van der Waals surface area contributed by atoms with Crippen LogP contribution in [-0.4, -0.2) is 76.2 Å². The summed E-state index contributed by atoms with van der Waals surface area (Å²) < 4.78 is 11.9. The molecule has 3 saturated heterocycles. The molecule has 0 saturated carbocycles. The topological polar surface area (TPSA) is 96.4 Å². The minimum Gasteiger partial charge on any atom is -0.461 e. The third-order valence-electron chi connectivity index (χ3n) is 8.27. The van der Waals surface area contributed by atoms with Crippen LogP contribution in [0.15, 0.2) is 67.8 Å². The predicted octanol–water partition coefficient (Wildman–Crippen LogP) is 3.61. The van der Waals surface area contributed by atoms with E-state index in [4.69, 9.17) is 9.47 Å². The summed E-state index contributed by atoms with van der Waals surface area (Å²) in [5.74, 6) is -3.03. The third kappa shape index (κ3) is 4.31. The first-order valence-electron chi connectivity index (χ1n) is 13.3. The molecule has 1 N–H and O–H groups in total. The zero-order valence-corrected chi connectivity index (χ0v) is 23.5. The number of likely N-dealkylation sites (tertiary alicyclic amines) is 1. The standard InChI is InChI=1S/C30H33BrN2O6/c1-4-13-32(21-12-11-18-9-7-8-10-19(18)15-21)28(36)26-30-16-22(31)25(39-30)23(29(37)38-14-5-2)24(30)27(35)33(26)20(6-3)17-34/h4-5,7-12,15,20,22-26,34H,1-2,6,13-14,16-17H2,3H3/t20-,22?,23-,24-,25-,26?,30?/m0/s1. The van der Waals surface area contributed by atoms with Crippen molar-refractivity contribution in [1.82, 2.24) is 4.90 Å². The van der Waals surface area contributed by atoms with Crippen LogP contribution >= 0.6 is 15.9 Å². The quantitative estimate of drug-likeness (QED) is 0.256. The number of carbonyl (C=O) groups is 3. The number of anilines is 1. The Kier molecular flexibility index (Phi) is 7.68. The van der Waals surface area contributed by atoms with E-state index in [0.29, 0.717) is 18.5 Å². The Morgan fingerprint density at radius 1 is 1.26 bits per heavy atom. The summed E-state index contributed by atoms with van der Waals surface area (Å²) in [5.41, 5.74) is -0.586. The molecular weight excluding hydrogens is 564 g/mol. The van der Waals surface area contributed by atoms with E-state index >= 15 is 0 Å². The third-order valence-corrected chi connectivity index (χ3v) is 9.12. The molecule has 2 amide bonds. The Hall–Kier alpha value is -3.01. The Morgan fingerprint density at radius 2 is 2.00 bits per heavy atom. The Bertz CT molecular complexity index is 1310. The largest absolute Gasteiger partial charge is 0.461 e. The molecule has 206 valence electrons. The highest BCUT2D eigenvalue weighted by molar-refractivity contribution is 9.09. The number of halogens is 1. The van der Waals surface area contributed by atoms with Crippen LogP contribution < -0.4 is 4.90 Å². The van der Waals surface area contributed by atoms with Crippen LogP contribution in [0.1, 0.15) is 19.8 Å². The van der Waals surface area contributed by atoms with Gasteiger partial charge in [0.15, 0.2) is 0 Å². The lowest BCUT2D eigenvalue weighted by molar-refractivity contribution is -0.154. The lowest BCUT2D eigenvalue weighted by Crippen LogP contribution is -2.59. The Labute approximate surface area is 236 Å². The number of amides is 2. The van der Waals surface area contributed by atoms with Crippen LogP contribution in [0.4, 0.5) is 5.69 Å². The summed E-state index contributed by atoms with van der Waals surface area (Å²) in [6, 6.07) is 12.0. The van der Waals surface area contributed by atoms with Crippen LogP contribution in [0.3, 0.4) is 0 Å². The maximum Gasteiger partial charge on any atom is 0.312 e. The monoisotopic (exact) mass is 596 g/mol. The van der Waals surface area contributed by atoms with Crippen LogP contribution in [-0.2, 0) is 23.9 Å². The number of aliphatic hydroxyl groups is 1. The highest BCUT2D eigenvalue weighted by Gasteiger charge is 2.77. The van der Waals surface area contributed by atoms with Gasteiger partial charge < -0.3 is 24.4 Å². The van der Waals surface area contributed by atoms with Crippen molar-refractivity contribution in [2.24, 2.45) is 11.8 Å². The molecule has 3 aliphatic rings. The number of fused-ring (bicyclic) bond motifs is 2. The van der Waals surface area contributed by atoms with Gasteiger partial charge in [0.25, 0.3) is 5.91 Å². The highest BCUT2D eigenvalue weighted by atomic mass is 79.9. The Morgan fingerprint density at radius 3 is 2.67 bits per heavy atom. The van der Waals surface area contributed by atoms with Gasteiger partial charge >= 0.3 is 5.97 Å². The molecule has 8 nitrogen and oxygen atoms in total. The molecule has 2 bridgehead atoms. The summed E-state index contributed by atoms with van der Waals surface area (Å²) in [6.07, 6.45) is 3.30. The van der Waals surface area contributed by atoms with Crippen LogP contribution in [0, 0.1) is 11.8 Å². The second-order valence-electron chi connectivity index (χ2n) is 10.3. The molecule has 3 aliphatic heterocycles. The van der Waals surface area contributed by atoms with E-state index in [1.165, 1.54) is 11.0 Å². The van der Waals surface area contributed by atoms with E-state index in [9.17, 15) is 19.5 Å². The fourth-order valence-corrected chi connectivity index (χ4v) is 7.55. The van der Waals surface area contributed by atoms with E-state index in [2.05, 4.69) is 29.1 Å². The van der Waals surface area contributed by atoms with E-state index in [1.807, 2.05) is 49.4 Å². The number of hydrogen-bond donors (Lipinski definition) is 1.